The third-order valence-electron chi connectivity index (χ3n) is 4.64. The van der Waals surface area contributed by atoms with E-state index in [-0.39, 0.29) is 0 Å². The number of benzene rings is 2. The van der Waals surface area contributed by atoms with Crippen LogP contribution in [0, 0.1) is 6.92 Å². The number of nitrogens with zero attached hydrogens (tertiary/aromatic N) is 1. The SMILES string of the molecule is CC1=Cc2nc3c(ccc4ccccc43)c(C)c2[C@H](O)[C@H]1O. The second-order valence-corrected chi connectivity index (χ2v) is 6.00. The molecular formula is C19H17NO2. The molecule has 2 atom stereocenters. The van der Waals surface area contributed by atoms with Gasteiger partial charge in [-0.2, -0.15) is 0 Å². The molecule has 3 nitrogen and oxygen atoms in total. The lowest BCUT2D eigenvalue weighted by molar-refractivity contribution is 0.0393. The number of aryl methyl sites for hydroxylation is 1. The molecule has 0 saturated heterocycles. The molecule has 1 heterocycles. The molecule has 0 amide bonds. The molecule has 0 radical (unpaired) electrons. The largest absolute Gasteiger partial charge is 0.386 e. The fourth-order valence-corrected chi connectivity index (χ4v) is 3.39. The lowest BCUT2D eigenvalue weighted by Gasteiger charge is -2.27. The number of pyridine rings is 1. The zero-order valence-corrected chi connectivity index (χ0v) is 12.5. The van der Waals surface area contributed by atoms with E-state index in [0.717, 1.165) is 44.1 Å². The monoisotopic (exact) mass is 291 g/mol. The van der Waals surface area contributed by atoms with Gasteiger partial charge in [-0.15, -0.1) is 0 Å². The third kappa shape index (κ3) is 1.73. The molecule has 1 aliphatic carbocycles. The van der Waals surface area contributed by atoms with E-state index in [4.69, 9.17) is 4.98 Å². The average molecular weight is 291 g/mol. The summed E-state index contributed by atoms with van der Waals surface area (Å²) in [5.41, 5.74) is 4.17. The van der Waals surface area contributed by atoms with Crippen LogP contribution in [-0.4, -0.2) is 21.3 Å². The number of aromatic nitrogens is 1. The number of rotatable bonds is 0. The minimum absolute atomic E-state index is 0.737. The summed E-state index contributed by atoms with van der Waals surface area (Å²) in [7, 11) is 0. The van der Waals surface area contributed by atoms with Crippen LogP contribution in [0.25, 0.3) is 27.8 Å². The Balaban J connectivity index is 2.16. The van der Waals surface area contributed by atoms with Crippen LogP contribution in [0.3, 0.4) is 0 Å². The lowest BCUT2D eigenvalue weighted by atomic mass is 9.86. The minimum Gasteiger partial charge on any atom is -0.386 e. The van der Waals surface area contributed by atoms with E-state index < -0.39 is 12.2 Å². The molecule has 1 aromatic heterocycles. The number of hydrogen-bond donors (Lipinski definition) is 2. The maximum Gasteiger partial charge on any atom is 0.111 e. The molecule has 4 rings (SSSR count). The van der Waals surface area contributed by atoms with Gasteiger partial charge >= 0.3 is 0 Å². The molecule has 0 aliphatic heterocycles. The van der Waals surface area contributed by atoms with Gasteiger partial charge in [-0.25, -0.2) is 4.98 Å². The third-order valence-corrected chi connectivity index (χ3v) is 4.64. The summed E-state index contributed by atoms with van der Waals surface area (Å²) in [6.45, 7) is 3.81. The number of fused-ring (bicyclic) bond motifs is 4. The molecule has 3 heteroatoms. The van der Waals surface area contributed by atoms with Crippen molar-refractivity contribution in [2.45, 2.75) is 26.1 Å². The first-order chi connectivity index (χ1) is 10.6. The van der Waals surface area contributed by atoms with E-state index in [1.165, 1.54) is 0 Å². The normalized spacial score (nSPS) is 21.0. The zero-order valence-electron chi connectivity index (χ0n) is 12.5. The highest BCUT2D eigenvalue weighted by Crippen LogP contribution is 2.37. The van der Waals surface area contributed by atoms with Crippen molar-refractivity contribution in [3.63, 3.8) is 0 Å². The van der Waals surface area contributed by atoms with Crippen molar-refractivity contribution in [2.75, 3.05) is 0 Å². The minimum atomic E-state index is -0.914. The molecule has 0 spiro atoms. The van der Waals surface area contributed by atoms with Gasteiger partial charge in [0.1, 0.15) is 12.2 Å². The van der Waals surface area contributed by atoms with Crippen LogP contribution in [0.1, 0.15) is 29.8 Å². The topological polar surface area (TPSA) is 53.4 Å². The van der Waals surface area contributed by atoms with Crippen LogP contribution < -0.4 is 0 Å². The van der Waals surface area contributed by atoms with Gasteiger partial charge in [0.25, 0.3) is 0 Å². The molecule has 1 aliphatic rings. The maximum absolute atomic E-state index is 10.4. The fourth-order valence-electron chi connectivity index (χ4n) is 3.39. The van der Waals surface area contributed by atoms with Crippen LogP contribution in [0.5, 0.6) is 0 Å². The van der Waals surface area contributed by atoms with Crippen molar-refractivity contribution in [2.24, 2.45) is 0 Å². The van der Waals surface area contributed by atoms with Crippen molar-refractivity contribution < 1.29 is 10.2 Å². The predicted octanol–water partition coefficient (Wildman–Crippen LogP) is 3.51. The molecule has 3 aromatic rings. The number of hydrogen-bond acceptors (Lipinski definition) is 3. The van der Waals surface area contributed by atoms with E-state index in [9.17, 15) is 10.2 Å². The Labute approximate surface area is 128 Å². The van der Waals surface area contributed by atoms with Gasteiger partial charge in [-0.3, -0.25) is 0 Å². The summed E-state index contributed by atoms with van der Waals surface area (Å²) in [4.78, 5) is 4.79. The molecule has 0 saturated carbocycles. The smallest absolute Gasteiger partial charge is 0.111 e. The molecule has 22 heavy (non-hydrogen) atoms. The van der Waals surface area contributed by atoms with Crippen molar-refractivity contribution in [3.05, 3.63) is 58.8 Å². The summed E-state index contributed by atoms with van der Waals surface area (Å²) in [5.74, 6) is 0. The standard InChI is InChI=1S/C19H17NO2/c1-10-9-15-16(19(22)18(10)21)11(2)13-8-7-12-5-3-4-6-14(12)17(13)20-15/h3-9,18-19,21-22H,1-2H3/t18-,19-/m0/s1. The maximum atomic E-state index is 10.4. The van der Waals surface area contributed by atoms with E-state index in [1.54, 1.807) is 0 Å². The lowest BCUT2D eigenvalue weighted by Crippen LogP contribution is -2.25. The van der Waals surface area contributed by atoms with Crippen LogP contribution >= 0.6 is 0 Å². The van der Waals surface area contributed by atoms with Crippen molar-refractivity contribution in [1.29, 1.82) is 0 Å². The number of aliphatic hydroxyl groups excluding tert-OH is 2. The summed E-state index contributed by atoms with van der Waals surface area (Å²) >= 11 is 0. The fraction of sp³-hybridized carbons (Fsp3) is 0.211. The van der Waals surface area contributed by atoms with Crippen LogP contribution in [-0.2, 0) is 0 Å². The Hall–Kier alpha value is -2.23. The van der Waals surface area contributed by atoms with Gasteiger partial charge in [0, 0.05) is 16.3 Å². The zero-order chi connectivity index (χ0) is 15.4. The Morgan fingerprint density at radius 3 is 2.50 bits per heavy atom. The highest BCUT2D eigenvalue weighted by molar-refractivity contribution is 6.06. The molecule has 0 unspecified atom stereocenters. The predicted molar refractivity (Wildman–Crippen MR) is 88.6 cm³/mol. The summed E-state index contributed by atoms with van der Waals surface area (Å²) < 4.78 is 0. The van der Waals surface area contributed by atoms with Crippen molar-refractivity contribution >= 4 is 27.8 Å². The first-order valence-electron chi connectivity index (χ1n) is 7.44. The van der Waals surface area contributed by atoms with Crippen molar-refractivity contribution in [3.8, 4) is 0 Å². The Morgan fingerprint density at radius 1 is 0.909 bits per heavy atom. The van der Waals surface area contributed by atoms with Gasteiger partial charge in [-0.05, 0) is 36.4 Å². The van der Waals surface area contributed by atoms with Gasteiger partial charge in [-0.1, -0.05) is 36.4 Å². The molecule has 0 fully saturated rings. The average Bonchev–Trinajstić information content (AvgIpc) is 2.52. The Bertz CT molecular complexity index is 943. The first-order valence-corrected chi connectivity index (χ1v) is 7.44. The number of aliphatic hydroxyl groups is 2. The van der Waals surface area contributed by atoms with Gasteiger partial charge in [0.05, 0.1) is 11.2 Å². The highest BCUT2D eigenvalue weighted by Gasteiger charge is 2.29. The Morgan fingerprint density at radius 2 is 1.68 bits per heavy atom. The van der Waals surface area contributed by atoms with E-state index >= 15 is 0 Å². The van der Waals surface area contributed by atoms with Gasteiger partial charge in [0.15, 0.2) is 0 Å². The van der Waals surface area contributed by atoms with Crippen LogP contribution in [0.2, 0.25) is 0 Å². The molecule has 2 N–H and O–H groups in total. The molecule has 2 aromatic carbocycles. The van der Waals surface area contributed by atoms with Crippen LogP contribution in [0.4, 0.5) is 0 Å². The Kier molecular flexibility index (Phi) is 2.83. The van der Waals surface area contributed by atoms with Crippen LogP contribution in [0.15, 0.2) is 42.0 Å². The molecular weight excluding hydrogens is 274 g/mol. The summed E-state index contributed by atoms with van der Waals surface area (Å²) in [5, 5.41) is 23.8. The molecule has 110 valence electrons. The van der Waals surface area contributed by atoms with Gasteiger partial charge < -0.3 is 10.2 Å². The van der Waals surface area contributed by atoms with Crippen molar-refractivity contribution in [1.82, 2.24) is 4.98 Å². The second kappa shape index (κ2) is 4.63. The second-order valence-electron chi connectivity index (χ2n) is 6.00. The highest BCUT2D eigenvalue weighted by atomic mass is 16.3. The molecule has 0 bridgehead atoms. The van der Waals surface area contributed by atoms with E-state index in [1.807, 2.05) is 38.1 Å². The van der Waals surface area contributed by atoms with E-state index in [2.05, 4.69) is 18.2 Å². The first kappa shape index (κ1) is 13.4. The van der Waals surface area contributed by atoms with Gasteiger partial charge in [0.2, 0.25) is 0 Å². The summed E-state index contributed by atoms with van der Waals surface area (Å²) in [6.07, 6.45) is 0.107. The quantitative estimate of drug-likeness (QED) is 0.623. The van der Waals surface area contributed by atoms with E-state index in [0.29, 0.717) is 0 Å². The summed E-state index contributed by atoms with van der Waals surface area (Å²) in [6, 6.07) is 12.3.